The van der Waals surface area contributed by atoms with Gasteiger partial charge in [0.2, 0.25) is 0 Å². The van der Waals surface area contributed by atoms with Crippen LogP contribution in [-0.4, -0.2) is 40.7 Å². The topological polar surface area (TPSA) is 96.0 Å². The zero-order valence-corrected chi connectivity index (χ0v) is 16.6. The number of amides is 1. The van der Waals surface area contributed by atoms with Crippen molar-refractivity contribution in [2.75, 3.05) is 19.7 Å². The molecular formula is C24H26N2O4. The van der Waals surface area contributed by atoms with Gasteiger partial charge in [-0.3, -0.25) is 9.69 Å². The first-order valence-corrected chi connectivity index (χ1v) is 9.78. The van der Waals surface area contributed by atoms with Crippen LogP contribution in [0.1, 0.15) is 27.6 Å². The quantitative estimate of drug-likeness (QED) is 0.481. The maximum Gasteiger partial charge on any atom is 0.252 e. The fraction of sp³-hybridized carbons (Fsp3) is 0.208. The molecule has 3 aromatic rings. The highest BCUT2D eigenvalue weighted by Gasteiger charge is 2.15. The molecule has 4 N–H and O–H groups in total. The van der Waals surface area contributed by atoms with Gasteiger partial charge >= 0.3 is 0 Å². The fourth-order valence-electron chi connectivity index (χ4n) is 3.20. The number of hydrogen-bond acceptors (Lipinski definition) is 5. The van der Waals surface area contributed by atoms with Crippen molar-refractivity contribution in [3.63, 3.8) is 0 Å². The van der Waals surface area contributed by atoms with E-state index < -0.39 is 12.0 Å². The van der Waals surface area contributed by atoms with Crippen LogP contribution in [0.3, 0.4) is 0 Å². The molecule has 1 amide bonds. The summed E-state index contributed by atoms with van der Waals surface area (Å²) in [5.74, 6) is -0.439. The van der Waals surface area contributed by atoms with Gasteiger partial charge in [0, 0.05) is 19.6 Å². The SMILES string of the molecule is NC(=O)c1cc(OCCN(Cc2ccccc2)CC(O)c2ccccc2)ccc1O. The second kappa shape index (κ2) is 10.4. The third-order valence-corrected chi connectivity index (χ3v) is 4.77. The Morgan fingerprint density at radius 3 is 2.33 bits per heavy atom. The Labute approximate surface area is 176 Å². The predicted molar refractivity (Wildman–Crippen MR) is 115 cm³/mol. The van der Waals surface area contributed by atoms with Gasteiger partial charge in [-0.25, -0.2) is 0 Å². The van der Waals surface area contributed by atoms with Gasteiger partial charge in [0.25, 0.3) is 5.91 Å². The van der Waals surface area contributed by atoms with Crippen LogP contribution in [-0.2, 0) is 6.54 Å². The van der Waals surface area contributed by atoms with Crippen LogP contribution in [0, 0.1) is 0 Å². The summed E-state index contributed by atoms with van der Waals surface area (Å²) in [6.45, 7) is 2.02. The van der Waals surface area contributed by atoms with E-state index in [-0.39, 0.29) is 11.3 Å². The van der Waals surface area contributed by atoms with Gasteiger partial charge in [-0.05, 0) is 29.3 Å². The number of carbonyl (C=O) groups excluding carboxylic acids is 1. The van der Waals surface area contributed by atoms with E-state index in [1.54, 1.807) is 6.07 Å². The molecule has 30 heavy (non-hydrogen) atoms. The first-order chi connectivity index (χ1) is 14.5. The Balaban J connectivity index is 1.64. The molecule has 0 fully saturated rings. The molecule has 6 nitrogen and oxygen atoms in total. The van der Waals surface area contributed by atoms with Gasteiger partial charge < -0.3 is 20.7 Å². The molecule has 0 spiro atoms. The number of nitrogens with zero attached hydrogens (tertiary/aromatic N) is 1. The lowest BCUT2D eigenvalue weighted by Gasteiger charge is -2.25. The molecule has 1 atom stereocenters. The number of phenols is 1. The zero-order chi connectivity index (χ0) is 21.3. The second-order valence-electron chi connectivity index (χ2n) is 7.04. The molecule has 0 bridgehead atoms. The summed E-state index contributed by atoms with van der Waals surface area (Å²) in [4.78, 5) is 13.5. The van der Waals surface area contributed by atoms with Crippen molar-refractivity contribution in [1.82, 2.24) is 4.90 Å². The monoisotopic (exact) mass is 406 g/mol. The van der Waals surface area contributed by atoms with Gasteiger partial charge in [0.05, 0.1) is 11.7 Å². The van der Waals surface area contributed by atoms with Crippen LogP contribution < -0.4 is 10.5 Å². The van der Waals surface area contributed by atoms with Gasteiger partial charge in [-0.1, -0.05) is 60.7 Å². The number of benzene rings is 3. The van der Waals surface area contributed by atoms with E-state index in [1.165, 1.54) is 12.1 Å². The summed E-state index contributed by atoms with van der Waals surface area (Å²) in [6, 6.07) is 24.0. The fourth-order valence-corrected chi connectivity index (χ4v) is 3.20. The maximum absolute atomic E-state index is 11.4. The van der Waals surface area contributed by atoms with E-state index in [9.17, 15) is 15.0 Å². The van der Waals surface area contributed by atoms with Crippen molar-refractivity contribution < 1.29 is 19.7 Å². The van der Waals surface area contributed by atoms with Crippen LogP contribution in [0.5, 0.6) is 11.5 Å². The third kappa shape index (κ3) is 6.07. The lowest BCUT2D eigenvalue weighted by atomic mass is 10.1. The molecular weight excluding hydrogens is 380 g/mol. The van der Waals surface area contributed by atoms with Crippen molar-refractivity contribution in [3.05, 3.63) is 95.6 Å². The van der Waals surface area contributed by atoms with E-state index in [2.05, 4.69) is 4.90 Å². The molecule has 0 saturated heterocycles. The Hall–Kier alpha value is -3.35. The molecule has 3 rings (SSSR count). The predicted octanol–water partition coefficient (Wildman–Crippen LogP) is 3.11. The van der Waals surface area contributed by atoms with Crippen molar-refractivity contribution in [2.45, 2.75) is 12.6 Å². The van der Waals surface area contributed by atoms with Crippen molar-refractivity contribution >= 4 is 5.91 Å². The number of carbonyl (C=O) groups is 1. The largest absolute Gasteiger partial charge is 0.507 e. The van der Waals surface area contributed by atoms with E-state index in [4.69, 9.17) is 10.5 Å². The minimum absolute atomic E-state index is 0.0214. The summed E-state index contributed by atoms with van der Waals surface area (Å²) in [5.41, 5.74) is 7.29. The highest BCUT2D eigenvalue weighted by atomic mass is 16.5. The van der Waals surface area contributed by atoms with Gasteiger partial charge in [-0.2, -0.15) is 0 Å². The van der Waals surface area contributed by atoms with Gasteiger partial charge in [0.15, 0.2) is 0 Å². The Bertz CT molecular complexity index is 948. The maximum atomic E-state index is 11.4. The first-order valence-electron chi connectivity index (χ1n) is 9.78. The van der Waals surface area contributed by atoms with E-state index in [1.807, 2.05) is 60.7 Å². The van der Waals surface area contributed by atoms with Crippen LogP contribution >= 0.6 is 0 Å². The number of aromatic hydroxyl groups is 1. The standard InChI is InChI=1S/C24H26N2O4/c25-24(29)21-15-20(11-12-22(21)27)30-14-13-26(16-18-7-3-1-4-8-18)17-23(28)19-9-5-2-6-10-19/h1-12,15,23,27-28H,13-14,16-17H2,(H2,25,29). The summed E-state index contributed by atoms with van der Waals surface area (Å²) in [7, 11) is 0. The third-order valence-electron chi connectivity index (χ3n) is 4.77. The molecule has 6 heteroatoms. The highest BCUT2D eigenvalue weighted by molar-refractivity contribution is 5.95. The first kappa shape index (κ1) is 21.4. The molecule has 156 valence electrons. The van der Waals surface area contributed by atoms with Gasteiger partial charge in [0.1, 0.15) is 18.1 Å². The van der Waals surface area contributed by atoms with E-state index in [0.29, 0.717) is 32.0 Å². The summed E-state index contributed by atoms with van der Waals surface area (Å²) in [5, 5.41) is 20.3. The molecule has 1 unspecified atom stereocenters. The number of hydrogen-bond donors (Lipinski definition) is 3. The molecule has 0 heterocycles. The Morgan fingerprint density at radius 2 is 1.67 bits per heavy atom. The molecule has 0 aliphatic carbocycles. The van der Waals surface area contributed by atoms with Crippen molar-refractivity contribution in [2.24, 2.45) is 5.73 Å². The minimum atomic E-state index is -0.713. The van der Waals surface area contributed by atoms with E-state index in [0.717, 1.165) is 11.1 Å². The van der Waals surface area contributed by atoms with Crippen molar-refractivity contribution in [3.8, 4) is 11.5 Å². The number of aliphatic hydroxyl groups excluding tert-OH is 1. The summed E-state index contributed by atoms with van der Waals surface area (Å²) < 4.78 is 5.77. The van der Waals surface area contributed by atoms with Crippen LogP contribution in [0.15, 0.2) is 78.9 Å². The molecule has 0 saturated carbocycles. The molecule has 0 radical (unpaired) electrons. The number of primary amides is 1. The summed E-state index contributed by atoms with van der Waals surface area (Å²) in [6.07, 6.45) is -0.620. The second-order valence-corrected chi connectivity index (χ2v) is 7.04. The number of ether oxygens (including phenoxy) is 1. The number of rotatable bonds is 10. The lowest BCUT2D eigenvalue weighted by Crippen LogP contribution is -2.32. The average molecular weight is 406 g/mol. The molecule has 0 aliphatic heterocycles. The Kier molecular flexibility index (Phi) is 7.43. The normalized spacial score (nSPS) is 11.9. The lowest BCUT2D eigenvalue weighted by molar-refractivity contribution is 0.0977. The molecule has 0 aliphatic rings. The van der Waals surface area contributed by atoms with Crippen LogP contribution in [0.25, 0.3) is 0 Å². The summed E-state index contributed by atoms with van der Waals surface area (Å²) >= 11 is 0. The zero-order valence-electron chi connectivity index (χ0n) is 16.6. The smallest absolute Gasteiger partial charge is 0.252 e. The Morgan fingerprint density at radius 1 is 1.00 bits per heavy atom. The minimum Gasteiger partial charge on any atom is -0.507 e. The molecule has 0 aromatic heterocycles. The average Bonchev–Trinajstić information content (AvgIpc) is 2.76. The van der Waals surface area contributed by atoms with Gasteiger partial charge in [-0.15, -0.1) is 0 Å². The highest BCUT2D eigenvalue weighted by Crippen LogP contribution is 2.23. The van der Waals surface area contributed by atoms with Crippen LogP contribution in [0.2, 0.25) is 0 Å². The number of nitrogens with two attached hydrogens (primary N) is 1. The molecule has 3 aromatic carbocycles. The van der Waals surface area contributed by atoms with Crippen LogP contribution in [0.4, 0.5) is 0 Å². The number of aliphatic hydroxyl groups is 1. The van der Waals surface area contributed by atoms with Crippen molar-refractivity contribution in [1.29, 1.82) is 0 Å². The van der Waals surface area contributed by atoms with E-state index >= 15 is 0 Å².